The van der Waals surface area contributed by atoms with Gasteiger partial charge in [-0.2, -0.15) is 0 Å². The zero-order valence-electron chi connectivity index (χ0n) is 13.7. The van der Waals surface area contributed by atoms with Crippen LogP contribution in [0.1, 0.15) is 65.7 Å². The van der Waals surface area contributed by atoms with Gasteiger partial charge in [0, 0.05) is 12.3 Å². The highest BCUT2D eigenvalue weighted by atomic mass is 35.5. The Morgan fingerprint density at radius 1 is 1.18 bits per heavy atom. The first-order chi connectivity index (χ1) is 10.3. The third-order valence-electron chi connectivity index (χ3n) is 3.39. The Balaban J connectivity index is 1.96. The topological polar surface area (TPSA) is 61.8 Å². The summed E-state index contributed by atoms with van der Waals surface area (Å²) in [6, 6.07) is 0. The molecule has 1 saturated carbocycles. The molecule has 0 amide bonds. The predicted molar refractivity (Wildman–Crippen MR) is 83.7 cm³/mol. The monoisotopic (exact) mass is 334 g/mol. The van der Waals surface area contributed by atoms with Gasteiger partial charge in [0.15, 0.2) is 5.56 Å². The highest BCUT2D eigenvalue weighted by Crippen LogP contribution is 2.33. The van der Waals surface area contributed by atoms with E-state index in [9.17, 15) is 9.59 Å². The molecule has 0 spiro atoms. The molecule has 0 aromatic rings. The standard InChI is InChI=1S/C16H27ClO5/c1-16(2,3)22-13(18)10-5-4-6-11-20-15(19)21-14(17)12-8-7-9-12/h12,14H,4-11H2,1-3H3. The molecule has 0 aliphatic heterocycles. The zero-order chi connectivity index (χ0) is 16.6. The van der Waals surface area contributed by atoms with Gasteiger partial charge in [-0.25, -0.2) is 4.79 Å². The summed E-state index contributed by atoms with van der Waals surface area (Å²) >= 11 is 5.95. The van der Waals surface area contributed by atoms with Crippen LogP contribution in [0.15, 0.2) is 0 Å². The van der Waals surface area contributed by atoms with Gasteiger partial charge in [0.1, 0.15) is 5.60 Å². The van der Waals surface area contributed by atoms with Crippen LogP contribution in [0.5, 0.6) is 0 Å². The molecule has 1 rings (SSSR count). The number of unbranched alkanes of at least 4 members (excludes halogenated alkanes) is 2. The normalized spacial score (nSPS) is 16.5. The van der Waals surface area contributed by atoms with Crippen LogP contribution in [0.3, 0.4) is 0 Å². The average Bonchev–Trinajstić information content (AvgIpc) is 2.28. The number of esters is 1. The predicted octanol–water partition coefficient (Wildman–Crippen LogP) is 4.41. The molecule has 0 heterocycles. The number of hydrogen-bond donors (Lipinski definition) is 0. The first kappa shape index (κ1) is 19.1. The molecule has 1 atom stereocenters. The van der Waals surface area contributed by atoms with Crippen molar-refractivity contribution < 1.29 is 23.8 Å². The molecule has 0 radical (unpaired) electrons. The van der Waals surface area contributed by atoms with Crippen molar-refractivity contribution in [3.8, 4) is 0 Å². The highest BCUT2D eigenvalue weighted by Gasteiger charge is 2.28. The van der Waals surface area contributed by atoms with Crippen LogP contribution >= 0.6 is 11.6 Å². The van der Waals surface area contributed by atoms with Crippen molar-refractivity contribution in [1.82, 2.24) is 0 Å². The molecule has 128 valence electrons. The fourth-order valence-corrected chi connectivity index (χ4v) is 2.34. The number of rotatable bonds is 8. The van der Waals surface area contributed by atoms with Gasteiger partial charge in [0.25, 0.3) is 0 Å². The second kappa shape index (κ2) is 9.23. The molecule has 1 aliphatic carbocycles. The van der Waals surface area contributed by atoms with Crippen LogP contribution in [0, 0.1) is 5.92 Å². The molecule has 22 heavy (non-hydrogen) atoms. The maximum Gasteiger partial charge on any atom is 0.509 e. The van der Waals surface area contributed by atoms with E-state index in [0.29, 0.717) is 19.3 Å². The van der Waals surface area contributed by atoms with Gasteiger partial charge in [-0.15, -0.1) is 0 Å². The van der Waals surface area contributed by atoms with E-state index in [4.69, 9.17) is 25.8 Å². The third kappa shape index (κ3) is 8.47. The van der Waals surface area contributed by atoms with E-state index in [-0.39, 0.29) is 18.5 Å². The van der Waals surface area contributed by atoms with Gasteiger partial charge in [0.05, 0.1) is 6.61 Å². The van der Waals surface area contributed by atoms with Crippen LogP contribution in [0.2, 0.25) is 0 Å². The van der Waals surface area contributed by atoms with Gasteiger partial charge in [-0.3, -0.25) is 4.79 Å². The Morgan fingerprint density at radius 2 is 1.86 bits per heavy atom. The van der Waals surface area contributed by atoms with E-state index in [1.165, 1.54) is 0 Å². The van der Waals surface area contributed by atoms with Crippen molar-refractivity contribution in [2.75, 3.05) is 6.61 Å². The summed E-state index contributed by atoms with van der Waals surface area (Å²) in [6.45, 7) is 5.82. The van der Waals surface area contributed by atoms with E-state index >= 15 is 0 Å². The van der Waals surface area contributed by atoms with Crippen molar-refractivity contribution in [3.05, 3.63) is 0 Å². The average molecular weight is 335 g/mol. The second-order valence-corrected chi connectivity index (χ2v) is 7.09. The fourth-order valence-electron chi connectivity index (χ4n) is 2.02. The number of halogens is 1. The summed E-state index contributed by atoms with van der Waals surface area (Å²) in [6.07, 6.45) is 5.02. The molecule has 1 aliphatic rings. The summed E-state index contributed by atoms with van der Waals surface area (Å²) in [5, 5.41) is 0. The Labute approximate surface area is 137 Å². The molecule has 1 unspecified atom stereocenters. The summed E-state index contributed by atoms with van der Waals surface area (Å²) in [5.74, 6) is 0.0707. The maximum atomic E-state index is 11.5. The summed E-state index contributed by atoms with van der Waals surface area (Å²) in [7, 11) is 0. The largest absolute Gasteiger partial charge is 0.509 e. The molecule has 0 aromatic carbocycles. The van der Waals surface area contributed by atoms with Gasteiger partial charge in [-0.1, -0.05) is 18.0 Å². The van der Waals surface area contributed by atoms with Crippen LogP contribution in [0.25, 0.3) is 0 Å². The number of ether oxygens (including phenoxy) is 3. The Kier molecular flexibility index (Phi) is 8.01. The molecular formula is C16H27ClO5. The number of alkyl halides is 1. The number of hydrogen-bond acceptors (Lipinski definition) is 5. The minimum Gasteiger partial charge on any atom is -0.460 e. The Bertz CT molecular complexity index is 360. The summed E-state index contributed by atoms with van der Waals surface area (Å²) in [4.78, 5) is 22.9. The molecule has 0 N–H and O–H groups in total. The van der Waals surface area contributed by atoms with Gasteiger partial charge in [-0.05, 0) is 52.9 Å². The van der Waals surface area contributed by atoms with Crippen molar-refractivity contribution in [2.45, 2.75) is 76.9 Å². The molecule has 0 bridgehead atoms. The summed E-state index contributed by atoms with van der Waals surface area (Å²) < 4.78 is 15.1. The molecule has 0 saturated heterocycles. The van der Waals surface area contributed by atoms with Crippen LogP contribution in [-0.2, 0) is 19.0 Å². The number of carbonyl (C=O) groups is 2. The van der Waals surface area contributed by atoms with Crippen LogP contribution < -0.4 is 0 Å². The first-order valence-corrected chi connectivity index (χ1v) is 8.41. The first-order valence-electron chi connectivity index (χ1n) is 7.97. The van der Waals surface area contributed by atoms with Gasteiger partial charge in [0.2, 0.25) is 0 Å². The third-order valence-corrected chi connectivity index (χ3v) is 3.84. The molecule has 6 heteroatoms. The second-order valence-electron chi connectivity index (χ2n) is 6.66. The van der Waals surface area contributed by atoms with E-state index < -0.39 is 17.3 Å². The van der Waals surface area contributed by atoms with Gasteiger partial charge >= 0.3 is 12.1 Å². The quantitative estimate of drug-likeness (QED) is 0.374. The lowest BCUT2D eigenvalue weighted by atomic mass is 9.86. The van der Waals surface area contributed by atoms with E-state index in [0.717, 1.165) is 25.7 Å². The van der Waals surface area contributed by atoms with Gasteiger partial charge < -0.3 is 14.2 Å². The molecular weight excluding hydrogens is 308 g/mol. The van der Waals surface area contributed by atoms with Crippen molar-refractivity contribution in [3.63, 3.8) is 0 Å². The minimum absolute atomic E-state index is 0.196. The summed E-state index contributed by atoms with van der Waals surface area (Å²) in [5.41, 5.74) is -1.02. The lowest BCUT2D eigenvalue weighted by Gasteiger charge is -2.28. The zero-order valence-corrected chi connectivity index (χ0v) is 14.5. The smallest absolute Gasteiger partial charge is 0.460 e. The molecule has 0 aromatic heterocycles. The van der Waals surface area contributed by atoms with Crippen molar-refractivity contribution in [1.29, 1.82) is 0 Å². The Morgan fingerprint density at radius 3 is 2.41 bits per heavy atom. The van der Waals surface area contributed by atoms with Crippen LogP contribution in [-0.4, -0.2) is 29.9 Å². The van der Waals surface area contributed by atoms with Crippen molar-refractivity contribution >= 4 is 23.7 Å². The lowest BCUT2D eigenvalue weighted by Crippen LogP contribution is -2.27. The Hall–Kier alpha value is -0.970. The maximum absolute atomic E-state index is 11.5. The highest BCUT2D eigenvalue weighted by molar-refractivity contribution is 6.20. The van der Waals surface area contributed by atoms with Crippen LogP contribution in [0.4, 0.5) is 4.79 Å². The van der Waals surface area contributed by atoms with Crippen molar-refractivity contribution in [2.24, 2.45) is 5.92 Å². The number of carbonyl (C=O) groups excluding carboxylic acids is 2. The van der Waals surface area contributed by atoms with E-state index in [1.54, 1.807) is 0 Å². The lowest BCUT2D eigenvalue weighted by molar-refractivity contribution is -0.154. The van der Waals surface area contributed by atoms with E-state index in [1.807, 2.05) is 20.8 Å². The molecule has 5 nitrogen and oxygen atoms in total. The van der Waals surface area contributed by atoms with E-state index in [2.05, 4.69) is 0 Å². The minimum atomic E-state index is -0.709. The molecule has 1 fully saturated rings. The SMILES string of the molecule is CC(C)(C)OC(=O)CCCCCOC(=O)OC(Cl)C1CCC1. The fraction of sp³-hybridized carbons (Fsp3) is 0.875.